The zero-order valence-electron chi connectivity index (χ0n) is 22.0. The number of Topliss-reactive ketones (excluding diaryl/α,β-unsaturated/α-hetero) is 1. The molecule has 1 aliphatic rings. The van der Waals surface area contributed by atoms with Crippen LogP contribution in [0.3, 0.4) is 0 Å². The number of ketones is 1. The van der Waals surface area contributed by atoms with Crippen LogP contribution in [0, 0.1) is 17.8 Å². The normalized spacial score (nSPS) is 18.6. The molecule has 1 aromatic rings. The summed E-state index contributed by atoms with van der Waals surface area (Å²) in [5, 5.41) is -1.06. The minimum Gasteiger partial charge on any atom is -0.289 e. The molecular weight excluding hydrogens is 436 g/mol. The molecule has 5 nitrogen and oxygen atoms in total. The van der Waals surface area contributed by atoms with Crippen molar-refractivity contribution in [3.8, 4) is 0 Å². The fourth-order valence-electron chi connectivity index (χ4n) is 3.61. The second-order valence-corrected chi connectivity index (χ2v) is 14.3. The molecule has 2 rings (SSSR count). The van der Waals surface area contributed by atoms with Gasteiger partial charge in [-0.25, -0.2) is 18.2 Å². The second kappa shape index (κ2) is 8.79. The van der Waals surface area contributed by atoms with E-state index < -0.39 is 37.1 Å². The highest BCUT2D eigenvalue weighted by molar-refractivity contribution is 7.92. The molecule has 0 amide bonds. The number of rotatable bonds is 5. The molecule has 1 aliphatic carbocycles. The maximum absolute atomic E-state index is 13.8. The molecule has 0 bridgehead atoms. The number of carbonyl (C=O) groups excluding carboxylic acids is 1. The van der Waals surface area contributed by atoms with Crippen LogP contribution in [0.25, 0.3) is 0 Å². The predicted octanol–water partition coefficient (Wildman–Crippen LogP) is 6.17. The Bertz CT molecular complexity index is 1020. The van der Waals surface area contributed by atoms with Crippen molar-refractivity contribution in [1.29, 1.82) is 0 Å². The molecule has 0 spiro atoms. The molecule has 184 valence electrons. The van der Waals surface area contributed by atoms with Gasteiger partial charge in [0.05, 0.1) is 10.5 Å². The van der Waals surface area contributed by atoms with Crippen LogP contribution < -0.4 is 0 Å². The zero-order valence-corrected chi connectivity index (χ0v) is 22.8. The Morgan fingerprint density at radius 3 is 1.61 bits per heavy atom. The smallest absolute Gasteiger partial charge is 0.185 e. The Morgan fingerprint density at radius 1 is 0.818 bits per heavy atom. The molecule has 1 unspecified atom stereocenters. The number of aryl methyl sites for hydroxylation is 1. The minimum atomic E-state index is -3.84. The SMILES string of the molecule is Cc1ccc(S(=O)(=O)C(C)C2(OOC(C)(C)C)C=C(C(C)(C)C)C(=O)C(C(C)(C)C)=C2)cc1. The number of carbonyl (C=O) groups is 1. The number of sulfone groups is 1. The third kappa shape index (κ3) is 6.03. The molecule has 6 heteroatoms. The molecular formula is C27H40O5S. The van der Waals surface area contributed by atoms with Gasteiger partial charge in [0.2, 0.25) is 0 Å². The van der Waals surface area contributed by atoms with Gasteiger partial charge in [0.25, 0.3) is 0 Å². The highest BCUT2D eigenvalue weighted by Crippen LogP contribution is 2.44. The number of allylic oxidation sites excluding steroid dienone is 2. The first-order chi connectivity index (χ1) is 14.7. The lowest BCUT2D eigenvalue weighted by Gasteiger charge is -2.41. The fourth-order valence-corrected chi connectivity index (χ4v) is 5.19. The van der Waals surface area contributed by atoms with Gasteiger partial charge in [-0.3, -0.25) is 4.79 Å². The van der Waals surface area contributed by atoms with Gasteiger partial charge in [-0.05, 0) is 69.7 Å². The van der Waals surface area contributed by atoms with Crippen molar-refractivity contribution in [2.75, 3.05) is 0 Å². The van der Waals surface area contributed by atoms with E-state index in [0.29, 0.717) is 11.1 Å². The standard InChI is InChI=1S/C27H40O5S/c1-18-12-14-20(15-13-18)33(29,30)19(2)27(32-31-26(9,10)11)16-21(24(3,4)5)23(28)22(17-27)25(6,7)8/h12-17,19H,1-11H3. The van der Waals surface area contributed by atoms with Gasteiger partial charge in [0.15, 0.2) is 21.2 Å². The van der Waals surface area contributed by atoms with Crippen LogP contribution in [0.5, 0.6) is 0 Å². The van der Waals surface area contributed by atoms with Gasteiger partial charge in [-0.1, -0.05) is 59.2 Å². The van der Waals surface area contributed by atoms with Crippen LogP contribution in [0.2, 0.25) is 0 Å². The zero-order chi connectivity index (χ0) is 25.6. The summed E-state index contributed by atoms with van der Waals surface area (Å²) < 4.78 is 27.6. The van der Waals surface area contributed by atoms with Crippen LogP contribution in [0.15, 0.2) is 52.5 Å². The van der Waals surface area contributed by atoms with E-state index in [1.165, 1.54) is 0 Å². The lowest BCUT2D eigenvalue weighted by Crippen LogP contribution is -2.50. The van der Waals surface area contributed by atoms with E-state index in [2.05, 4.69) is 0 Å². The minimum absolute atomic E-state index is 0.0927. The summed E-state index contributed by atoms with van der Waals surface area (Å²) in [4.78, 5) is 25.5. The third-order valence-corrected chi connectivity index (χ3v) is 7.96. The van der Waals surface area contributed by atoms with E-state index in [9.17, 15) is 13.2 Å². The van der Waals surface area contributed by atoms with Crippen molar-refractivity contribution in [3.05, 3.63) is 53.1 Å². The van der Waals surface area contributed by atoms with Gasteiger partial charge < -0.3 is 0 Å². The number of hydrogen-bond acceptors (Lipinski definition) is 5. The Hall–Kier alpha value is -1.76. The van der Waals surface area contributed by atoms with Crippen molar-refractivity contribution < 1.29 is 23.0 Å². The average Bonchev–Trinajstić information content (AvgIpc) is 2.64. The molecule has 0 N–H and O–H groups in total. The lowest BCUT2D eigenvalue weighted by atomic mass is 9.69. The summed E-state index contributed by atoms with van der Waals surface area (Å²) in [6, 6.07) is 6.76. The largest absolute Gasteiger partial charge is 0.289 e. The van der Waals surface area contributed by atoms with Crippen LogP contribution in [0.1, 0.15) is 74.8 Å². The molecule has 1 atom stereocenters. The van der Waals surface area contributed by atoms with Crippen LogP contribution >= 0.6 is 0 Å². The molecule has 0 heterocycles. The Balaban J connectivity index is 2.83. The monoisotopic (exact) mass is 476 g/mol. The number of hydrogen-bond donors (Lipinski definition) is 0. The average molecular weight is 477 g/mol. The van der Waals surface area contributed by atoms with Crippen molar-refractivity contribution in [1.82, 2.24) is 0 Å². The molecule has 1 aromatic carbocycles. The first-order valence-electron chi connectivity index (χ1n) is 11.4. The molecule has 0 aliphatic heterocycles. The van der Waals surface area contributed by atoms with Crippen molar-refractivity contribution in [2.45, 2.75) is 97.5 Å². The lowest BCUT2D eigenvalue weighted by molar-refractivity contribution is -0.383. The molecule has 0 radical (unpaired) electrons. The van der Waals surface area contributed by atoms with E-state index in [1.54, 1.807) is 43.3 Å². The van der Waals surface area contributed by atoms with Gasteiger partial charge in [0.1, 0.15) is 5.25 Å². The third-order valence-electron chi connectivity index (χ3n) is 5.73. The van der Waals surface area contributed by atoms with Crippen molar-refractivity contribution in [2.24, 2.45) is 10.8 Å². The highest BCUT2D eigenvalue weighted by Gasteiger charge is 2.50. The van der Waals surface area contributed by atoms with E-state index in [4.69, 9.17) is 9.78 Å². The first kappa shape index (κ1) is 27.5. The summed E-state index contributed by atoms with van der Waals surface area (Å²) in [5.41, 5.74) is -1.23. The van der Waals surface area contributed by atoms with Crippen LogP contribution in [-0.4, -0.2) is 30.7 Å². The van der Waals surface area contributed by atoms with Gasteiger partial charge >= 0.3 is 0 Å². The molecule has 0 saturated heterocycles. The van der Waals surface area contributed by atoms with Gasteiger partial charge in [-0.15, -0.1) is 0 Å². The second-order valence-electron chi connectivity index (χ2n) is 12.1. The molecule has 0 fully saturated rings. The van der Waals surface area contributed by atoms with Crippen molar-refractivity contribution in [3.63, 3.8) is 0 Å². The first-order valence-corrected chi connectivity index (χ1v) is 12.9. The number of benzene rings is 1. The molecule has 0 aromatic heterocycles. The summed E-state index contributed by atoms with van der Waals surface area (Å²) in [7, 11) is -3.84. The highest BCUT2D eigenvalue weighted by atomic mass is 32.2. The van der Waals surface area contributed by atoms with E-state index in [-0.39, 0.29) is 10.7 Å². The summed E-state index contributed by atoms with van der Waals surface area (Å²) in [5.74, 6) is -0.0927. The van der Waals surface area contributed by atoms with Gasteiger partial charge in [0, 0.05) is 11.1 Å². The quantitative estimate of drug-likeness (QED) is 0.375. The van der Waals surface area contributed by atoms with Crippen molar-refractivity contribution >= 4 is 15.6 Å². The summed E-state index contributed by atoms with van der Waals surface area (Å²) in [6.45, 7) is 20.7. The maximum atomic E-state index is 13.8. The fraction of sp³-hybridized carbons (Fsp3) is 0.593. The van der Waals surface area contributed by atoms with Gasteiger partial charge in [-0.2, -0.15) is 0 Å². The Kier molecular flexibility index (Phi) is 7.32. The van der Waals surface area contributed by atoms with Crippen LogP contribution in [0.4, 0.5) is 0 Å². The Labute approximate surface area is 200 Å². The Morgan fingerprint density at radius 2 is 1.24 bits per heavy atom. The molecule has 33 heavy (non-hydrogen) atoms. The maximum Gasteiger partial charge on any atom is 0.185 e. The summed E-state index contributed by atoms with van der Waals surface area (Å²) in [6.07, 6.45) is 3.32. The molecule has 0 saturated carbocycles. The topological polar surface area (TPSA) is 69.7 Å². The van der Waals surface area contributed by atoms with Crippen LogP contribution in [-0.2, 0) is 24.4 Å². The predicted molar refractivity (Wildman–Crippen MR) is 133 cm³/mol. The van der Waals surface area contributed by atoms with E-state index in [1.807, 2.05) is 69.2 Å². The van der Waals surface area contributed by atoms with E-state index in [0.717, 1.165) is 5.56 Å². The summed E-state index contributed by atoms with van der Waals surface area (Å²) >= 11 is 0. The van der Waals surface area contributed by atoms with E-state index >= 15 is 0 Å².